The highest BCUT2D eigenvalue weighted by atomic mass is 32.2. The summed E-state index contributed by atoms with van der Waals surface area (Å²) in [6.45, 7) is 3.93. The maximum atomic E-state index is 11.8. The molecule has 0 bridgehead atoms. The van der Waals surface area contributed by atoms with Crippen LogP contribution in [0.25, 0.3) is 6.08 Å². The number of amides is 1. The number of aryl methyl sites for hydroxylation is 1. The number of nitrogens with zero attached hydrogens (tertiary/aromatic N) is 2. The van der Waals surface area contributed by atoms with Gasteiger partial charge in [-0.25, -0.2) is 0 Å². The van der Waals surface area contributed by atoms with Crippen LogP contribution in [0.2, 0.25) is 0 Å². The van der Waals surface area contributed by atoms with Gasteiger partial charge >= 0.3 is 0 Å². The molecule has 1 N–H and O–H groups in total. The first-order valence-electron chi connectivity index (χ1n) is 7.67. The second kappa shape index (κ2) is 7.75. The molecule has 26 heavy (non-hydrogen) atoms. The largest absolute Gasteiger partial charge is 0.490 e. The fourth-order valence-electron chi connectivity index (χ4n) is 2.21. The lowest BCUT2D eigenvalue weighted by Crippen LogP contribution is -2.29. The number of benzene rings is 1. The van der Waals surface area contributed by atoms with Gasteiger partial charge in [-0.3, -0.25) is 9.42 Å². The van der Waals surface area contributed by atoms with Crippen molar-refractivity contribution in [2.45, 2.75) is 20.5 Å². The Balaban J connectivity index is 1.82. The molecule has 0 atom stereocenters. The minimum absolute atomic E-state index is 0.00806. The lowest BCUT2D eigenvalue weighted by Gasteiger charge is -2.12. The van der Waals surface area contributed by atoms with Crippen LogP contribution in [-0.2, 0) is 11.4 Å². The molecule has 1 saturated heterocycles. The highest BCUT2D eigenvalue weighted by molar-refractivity contribution is 8.26. The number of carbonyl (C=O) groups excluding carboxylic acids is 1. The number of ether oxygens (including phenoxy) is 2. The van der Waals surface area contributed by atoms with E-state index in [9.17, 15) is 10.0 Å². The fourth-order valence-corrected chi connectivity index (χ4v) is 3.25. The van der Waals surface area contributed by atoms with E-state index in [0.717, 1.165) is 5.56 Å². The molecule has 0 radical (unpaired) electrons. The average molecular weight is 393 g/mol. The molecular weight excluding hydrogens is 378 g/mol. The van der Waals surface area contributed by atoms with Crippen LogP contribution in [0.1, 0.15) is 23.9 Å². The van der Waals surface area contributed by atoms with Crippen molar-refractivity contribution in [3.63, 3.8) is 0 Å². The summed E-state index contributed by atoms with van der Waals surface area (Å²) in [5.74, 6) is 0.745. The van der Waals surface area contributed by atoms with Crippen molar-refractivity contribution >= 4 is 40.3 Å². The van der Waals surface area contributed by atoms with E-state index < -0.39 is 0 Å². The van der Waals surface area contributed by atoms with Gasteiger partial charge in [0.15, 0.2) is 18.1 Å². The van der Waals surface area contributed by atoms with Crippen molar-refractivity contribution in [2.24, 2.45) is 0 Å². The zero-order valence-electron chi connectivity index (χ0n) is 14.0. The highest BCUT2D eigenvalue weighted by Crippen LogP contribution is 2.32. The number of hydrogen-bond acceptors (Lipinski definition) is 8. The van der Waals surface area contributed by atoms with Gasteiger partial charge < -0.3 is 20.0 Å². The maximum Gasteiger partial charge on any atom is 0.263 e. The Morgan fingerprint density at radius 3 is 2.85 bits per heavy atom. The van der Waals surface area contributed by atoms with Crippen LogP contribution in [0, 0.1) is 12.1 Å². The molecule has 2 aromatic rings. The van der Waals surface area contributed by atoms with Crippen molar-refractivity contribution in [1.82, 2.24) is 10.5 Å². The molecule has 1 aliphatic heterocycles. The Hall–Kier alpha value is -2.59. The summed E-state index contributed by atoms with van der Waals surface area (Å²) in [5.41, 5.74) is 1.51. The van der Waals surface area contributed by atoms with E-state index in [1.165, 1.54) is 11.8 Å². The lowest BCUT2D eigenvalue weighted by atomic mass is 10.2. The summed E-state index contributed by atoms with van der Waals surface area (Å²) in [7, 11) is 0. The first kappa shape index (κ1) is 18.2. The zero-order chi connectivity index (χ0) is 18.7. The van der Waals surface area contributed by atoms with E-state index in [1.807, 2.05) is 6.92 Å². The number of hydrogen-bond donors (Lipinski definition) is 1. The predicted octanol–water partition coefficient (Wildman–Crippen LogP) is 2.08. The Labute approximate surface area is 158 Å². The second-order valence-electron chi connectivity index (χ2n) is 5.24. The molecule has 2 heterocycles. The fraction of sp³-hybridized carbons (Fsp3) is 0.250. The van der Waals surface area contributed by atoms with Crippen LogP contribution in [-0.4, -0.2) is 22.0 Å². The topological polar surface area (TPSA) is 101 Å². The molecule has 3 rings (SSSR count). The van der Waals surface area contributed by atoms with Gasteiger partial charge in [-0.2, -0.15) is 0 Å². The van der Waals surface area contributed by atoms with Crippen LogP contribution in [0.3, 0.4) is 0 Å². The maximum absolute atomic E-state index is 11.8. The minimum atomic E-state index is -0.221. The normalized spacial score (nSPS) is 15.4. The molecule has 136 valence electrons. The Morgan fingerprint density at radius 1 is 1.42 bits per heavy atom. The molecule has 1 aromatic heterocycles. The number of thiocarbonyl (C=S) groups is 1. The van der Waals surface area contributed by atoms with Gasteiger partial charge in [0.05, 0.1) is 11.5 Å². The summed E-state index contributed by atoms with van der Waals surface area (Å²) in [6.07, 6.45) is 1.72. The quantitative estimate of drug-likeness (QED) is 0.452. The molecule has 1 aliphatic rings. The van der Waals surface area contributed by atoms with Gasteiger partial charge in [0.25, 0.3) is 5.91 Å². The average Bonchev–Trinajstić information content (AvgIpc) is 3.08. The standard InChI is InChI=1S/C16H15N3O5S2/c1-3-22-13-6-10(7-14-15(20)17-16(25)26-14)4-5-12(13)23-8-11-9(2)18-24-19(11)21/h4-7H,3,8H2,1-2H3,(H,17,20,25)/b14-7+. The van der Waals surface area contributed by atoms with Gasteiger partial charge in [-0.05, 0) is 35.6 Å². The van der Waals surface area contributed by atoms with E-state index >= 15 is 0 Å². The number of rotatable bonds is 6. The summed E-state index contributed by atoms with van der Waals surface area (Å²) < 4.78 is 16.2. The molecule has 0 saturated carbocycles. The van der Waals surface area contributed by atoms with E-state index in [-0.39, 0.29) is 18.2 Å². The zero-order valence-corrected chi connectivity index (χ0v) is 15.6. The van der Waals surface area contributed by atoms with E-state index in [4.69, 9.17) is 21.7 Å². The van der Waals surface area contributed by atoms with Gasteiger partial charge in [-0.15, -0.1) is 0 Å². The third-order valence-electron chi connectivity index (χ3n) is 3.46. The first-order chi connectivity index (χ1) is 12.5. The minimum Gasteiger partial charge on any atom is -0.490 e. The Morgan fingerprint density at radius 2 is 2.23 bits per heavy atom. The van der Waals surface area contributed by atoms with Crippen molar-refractivity contribution in [3.8, 4) is 11.5 Å². The first-order valence-corrected chi connectivity index (χ1v) is 8.90. The number of nitrogens with one attached hydrogen (secondary N) is 1. The molecule has 1 fully saturated rings. The monoisotopic (exact) mass is 393 g/mol. The van der Waals surface area contributed by atoms with Gasteiger partial charge in [0.1, 0.15) is 4.32 Å². The summed E-state index contributed by atoms with van der Waals surface area (Å²) in [5, 5.41) is 17.6. The van der Waals surface area contributed by atoms with Crippen LogP contribution in [0.4, 0.5) is 0 Å². The number of thioether (sulfide) groups is 1. The molecule has 0 unspecified atom stereocenters. The van der Waals surface area contributed by atoms with Crippen molar-refractivity contribution in [2.75, 3.05) is 6.61 Å². The molecule has 10 heteroatoms. The lowest BCUT2D eigenvalue weighted by molar-refractivity contribution is -0.808. The SMILES string of the molecule is CCOc1cc(/C=C2/SC(=S)NC2=O)ccc1OCc1c(C)no[n+]1[O-]. The van der Waals surface area contributed by atoms with E-state index in [1.54, 1.807) is 31.2 Å². The third-order valence-corrected chi connectivity index (χ3v) is 4.62. The van der Waals surface area contributed by atoms with Crippen LogP contribution in [0.5, 0.6) is 11.5 Å². The van der Waals surface area contributed by atoms with Gasteiger partial charge in [0, 0.05) is 12.1 Å². The molecule has 1 amide bonds. The van der Waals surface area contributed by atoms with Crippen LogP contribution >= 0.6 is 24.0 Å². The van der Waals surface area contributed by atoms with E-state index in [0.29, 0.717) is 37.9 Å². The molecule has 8 nitrogen and oxygen atoms in total. The van der Waals surface area contributed by atoms with Crippen molar-refractivity contribution in [1.29, 1.82) is 0 Å². The van der Waals surface area contributed by atoms with Crippen molar-refractivity contribution in [3.05, 3.63) is 45.3 Å². The number of carbonyl (C=O) groups is 1. The van der Waals surface area contributed by atoms with Crippen molar-refractivity contribution < 1.29 is 23.8 Å². The summed E-state index contributed by atoms with van der Waals surface area (Å²) >= 11 is 6.19. The van der Waals surface area contributed by atoms with Crippen LogP contribution < -0.4 is 19.7 Å². The van der Waals surface area contributed by atoms with E-state index in [2.05, 4.69) is 15.1 Å². The smallest absolute Gasteiger partial charge is 0.263 e. The molecular formula is C16H15N3O5S2. The summed E-state index contributed by atoms with van der Waals surface area (Å²) in [6, 6.07) is 5.25. The third kappa shape index (κ3) is 3.97. The predicted molar refractivity (Wildman–Crippen MR) is 98.5 cm³/mol. The second-order valence-corrected chi connectivity index (χ2v) is 6.96. The van der Waals surface area contributed by atoms with Gasteiger partial charge in [0.2, 0.25) is 11.4 Å². The van der Waals surface area contributed by atoms with Crippen LogP contribution in [0.15, 0.2) is 27.7 Å². The molecule has 0 aliphatic carbocycles. The molecule has 1 aromatic carbocycles. The summed E-state index contributed by atoms with van der Waals surface area (Å²) in [4.78, 5) is 12.6. The Kier molecular flexibility index (Phi) is 5.43. The number of aromatic nitrogens is 2. The molecule has 0 spiro atoms. The van der Waals surface area contributed by atoms with Gasteiger partial charge in [-0.1, -0.05) is 30.0 Å². The highest BCUT2D eigenvalue weighted by Gasteiger charge is 2.22. The Bertz CT molecular complexity index is 875.